The van der Waals surface area contributed by atoms with E-state index in [1.54, 1.807) is 9.13 Å². The molecule has 4 aromatic rings. The number of nitrogens with zero attached hydrogens (tertiary/aromatic N) is 9. The summed E-state index contributed by atoms with van der Waals surface area (Å²) in [6.07, 6.45) is 19.3. The lowest BCUT2D eigenvalue weighted by molar-refractivity contribution is -0.0286. The van der Waals surface area contributed by atoms with Crippen molar-refractivity contribution in [3.05, 3.63) is 116 Å². The number of benzene rings is 1. The predicted octanol–water partition coefficient (Wildman–Crippen LogP) is 4.01. The Labute approximate surface area is 381 Å². The number of rotatable bonds is 14. The molecule has 2 fully saturated rings. The van der Waals surface area contributed by atoms with Gasteiger partial charge >= 0.3 is 34.1 Å². The second-order valence-electron chi connectivity index (χ2n) is 17.8. The summed E-state index contributed by atoms with van der Waals surface area (Å²) in [5, 5.41) is 0.962. The van der Waals surface area contributed by atoms with Crippen LogP contribution in [-0.4, -0.2) is 77.7 Å². The molecule has 9 rings (SSSR count). The molecule has 0 amide bonds. The van der Waals surface area contributed by atoms with Crippen molar-refractivity contribution in [1.82, 2.24) is 47.7 Å². The van der Waals surface area contributed by atoms with Crippen molar-refractivity contribution in [3.8, 4) is 0 Å². The first-order chi connectivity index (χ1) is 31.1. The summed E-state index contributed by atoms with van der Waals surface area (Å²) in [6.45, 7) is 7.00. The first-order valence-electron chi connectivity index (χ1n) is 23.7. The lowest BCUT2D eigenvalue weighted by Gasteiger charge is -2.39. The molecule has 348 valence electrons. The quantitative estimate of drug-likeness (QED) is 0.142. The molecule has 2 unspecified atom stereocenters. The molecule has 0 saturated carbocycles. The summed E-state index contributed by atoms with van der Waals surface area (Å²) in [7, 11) is 0. The molecular formula is C46H65BrN10O7. The number of aromatic nitrogens is 9. The van der Waals surface area contributed by atoms with E-state index in [1.165, 1.54) is 37.7 Å². The largest absolute Gasteiger partial charge is 0.373 e. The van der Waals surface area contributed by atoms with Crippen LogP contribution in [0.1, 0.15) is 131 Å². The van der Waals surface area contributed by atoms with E-state index in [4.69, 9.17) is 4.74 Å². The number of alkyl halides is 1. The van der Waals surface area contributed by atoms with Crippen LogP contribution >= 0.6 is 15.9 Å². The van der Waals surface area contributed by atoms with Crippen LogP contribution < -0.4 is 34.1 Å². The summed E-state index contributed by atoms with van der Waals surface area (Å²) in [5.74, 6) is 1.95. The summed E-state index contributed by atoms with van der Waals surface area (Å²) in [5.41, 5.74) is 0.641. The highest BCUT2D eigenvalue weighted by atomic mass is 79.9. The van der Waals surface area contributed by atoms with Gasteiger partial charge in [0.2, 0.25) is 0 Å². The van der Waals surface area contributed by atoms with Crippen molar-refractivity contribution < 1.29 is 4.74 Å². The van der Waals surface area contributed by atoms with Crippen LogP contribution in [0.15, 0.2) is 53.0 Å². The maximum Gasteiger partial charge on any atom is 0.353 e. The molecule has 17 nitrogen and oxygen atoms in total. The number of hydrogen-bond acceptors (Lipinski definition) is 11. The number of hydrogen-bond donors (Lipinski definition) is 1. The van der Waals surface area contributed by atoms with Gasteiger partial charge < -0.3 is 4.74 Å². The summed E-state index contributed by atoms with van der Waals surface area (Å²) in [4.78, 5) is 87.7. The SMILES string of the molecule is Cc1ccccc1COC1CC2CCC(C1)N2CCCCCn1c(=O)nc2n(c1=O)CCCC2.O=c1nc2n(c(=O)[nH]1)CCCC2.O=c1nc2n(c(=O)n1CCCCCBr)CCCC2. The molecule has 8 heterocycles. The monoisotopic (exact) mass is 948 g/mol. The molecular weight excluding hydrogens is 884 g/mol. The Balaban J connectivity index is 0.000000169. The number of aromatic amines is 1. The summed E-state index contributed by atoms with van der Waals surface area (Å²) >= 11 is 3.37. The lowest BCUT2D eigenvalue weighted by atomic mass is 9.99. The van der Waals surface area contributed by atoms with Gasteiger partial charge in [-0.1, -0.05) is 53.0 Å². The Bertz CT molecular complexity index is 2550. The third kappa shape index (κ3) is 12.0. The Kier molecular flexibility index (Phi) is 17.1. The summed E-state index contributed by atoms with van der Waals surface area (Å²) in [6, 6.07) is 9.77. The van der Waals surface area contributed by atoms with Crippen LogP contribution in [-0.2, 0) is 63.3 Å². The topological polar surface area (TPSA) is 194 Å². The Morgan fingerprint density at radius 3 is 1.72 bits per heavy atom. The molecule has 1 aromatic carbocycles. The van der Waals surface area contributed by atoms with Gasteiger partial charge in [0, 0.05) is 69.4 Å². The number of ether oxygens (including phenoxy) is 1. The van der Waals surface area contributed by atoms with Gasteiger partial charge in [0.25, 0.3) is 0 Å². The molecule has 3 aromatic heterocycles. The molecule has 0 aliphatic carbocycles. The fourth-order valence-corrected chi connectivity index (χ4v) is 10.3. The minimum absolute atomic E-state index is 0.166. The van der Waals surface area contributed by atoms with E-state index in [2.05, 4.69) is 72.0 Å². The Hall–Kier alpha value is -4.55. The Morgan fingerprint density at radius 2 is 1.16 bits per heavy atom. The molecule has 2 saturated heterocycles. The van der Waals surface area contributed by atoms with Gasteiger partial charge in [0.05, 0.1) is 12.7 Å². The van der Waals surface area contributed by atoms with E-state index in [-0.39, 0.29) is 28.4 Å². The smallest absolute Gasteiger partial charge is 0.353 e. The van der Waals surface area contributed by atoms with Crippen molar-refractivity contribution in [1.29, 1.82) is 0 Å². The molecule has 18 heteroatoms. The average Bonchev–Trinajstić information content (AvgIpc) is 3.52. The molecule has 64 heavy (non-hydrogen) atoms. The number of H-pyrrole nitrogens is 1. The van der Waals surface area contributed by atoms with Crippen LogP contribution in [0.4, 0.5) is 0 Å². The Morgan fingerprint density at radius 1 is 0.641 bits per heavy atom. The van der Waals surface area contributed by atoms with Gasteiger partial charge in [-0.2, -0.15) is 15.0 Å². The van der Waals surface area contributed by atoms with Gasteiger partial charge in [0.1, 0.15) is 17.5 Å². The standard InChI is InChI=1S/C27H38N4O3.C12H18BrN3O2.C7H9N3O2/c1-20-9-3-4-10-21(20)19-34-24-17-22-12-13-23(18-24)29(22)14-6-2-7-16-31-26(32)28-25-11-5-8-15-30(25)27(31)33;13-7-3-1-4-9-16-11(17)14-10-6-2-5-8-15(10)12(16)18;11-6-8-5-3-1-2-4-10(5)7(12)9-6/h3-4,9-10,22-24H,2,5-8,11-19H2,1H3;1-9H2;1-4H2,(H,9,11,12). The number of aryl methyl sites for hydroxylation is 4. The molecule has 5 aliphatic rings. The number of fused-ring (bicyclic) bond motifs is 5. The van der Waals surface area contributed by atoms with Gasteiger partial charge in [-0.15, -0.1) is 0 Å². The second-order valence-corrected chi connectivity index (χ2v) is 18.6. The van der Waals surface area contributed by atoms with Gasteiger partial charge in [-0.05, 0) is 114 Å². The van der Waals surface area contributed by atoms with Crippen LogP contribution in [0.2, 0.25) is 0 Å². The van der Waals surface area contributed by atoms with E-state index in [0.29, 0.717) is 75.0 Å². The van der Waals surface area contributed by atoms with E-state index in [0.717, 1.165) is 121 Å². The fraction of sp³-hybridized carbons (Fsp3) is 0.674. The van der Waals surface area contributed by atoms with Gasteiger partial charge in [0.15, 0.2) is 0 Å². The van der Waals surface area contributed by atoms with E-state index in [9.17, 15) is 28.8 Å². The zero-order chi connectivity index (χ0) is 45.0. The van der Waals surface area contributed by atoms with Crippen molar-refractivity contribution in [2.45, 2.75) is 186 Å². The highest BCUT2D eigenvalue weighted by Gasteiger charge is 2.40. The maximum absolute atomic E-state index is 12.7. The normalized spacial score (nSPS) is 19.9. The third-order valence-electron chi connectivity index (χ3n) is 13.4. The van der Waals surface area contributed by atoms with Crippen molar-refractivity contribution in [3.63, 3.8) is 0 Å². The van der Waals surface area contributed by atoms with Gasteiger partial charge in [-0.25, -0.2) is 37.9 Å². The number of unbranched alkanes of at least 4 members (excludes halogenated alkanes) is 4. The number of piperidine rings is 1. The fourth-order valence-electron chi connectivity index (χ4n) is 9.90. The van der Waals surface area contributed by atoms with Crippen molar-refractivity contribution >= 4 is 15.9 Å². The first-order valence-corrected chi connectivity index (χ1v) is 24.8. The highest BCUT2D eigenvalue weighted by Crippen LogP contribution is 2.37. The maximum atomic E-state index is 12.7. The molecule has 1 N–H and O–H groups in total. The zero-order valence-electron chi connectivity index (χ0n) is 37.4. The van der Waals surface area contributed by atoms with Crippen LogP contribution in [0.5, 0.6) is 0 Å². The summed E-state index contributed by atoms with van der Waals surface area (Å²) < 4.78 is 13.9. The number of nitrogens with one attached hydrogen (secondary N) is 1. The molecule has 5 aliphatic heterocycles. The number of halogens is 1. The van der Waals surface area contributed by atoms with Gasteiger partial charge in [-0.3, -0.25) is 23.6 Å². The lowest BCUT2D eigenvalue weighted by Crippen LogP contribution is -2.45. The van der Waals surface area contributed by atoms with Crippen molar-refractivity contribution in [2.75, 3.05) is 11.9 Å². The molecule has 0 radical (unpaired) electrons. The third-order valence-corrected chi connectivity index (χ3v) is 14.0. The second kappa shape index (κ2) is 23.1. The molecule has 2 bridgehead atoms. The zero-order valence-corrected chi connectivity index (χ0v) is 39.0. The first kappa shape index (κ1) is 47.4. The molecule has 0 spiro atoms. The average molecular weight is 950 g/mol. The highest BCUT2D eigenvalue weighted by molar-refractivity contribution is 9.09. The van der Waals surface area contributed by atoms with E-state index >= 15 is 0 Å². The predicted molar refractivity (Wildman–Crippen MR) is 247 cm³/mol. The van der Waals surface area contributed by atoms with Crippen LogP contribution in [0.25, 0.3) is 0 Å². The minimum atomic E-state index is -0.534. The van der Waals surface area contributed by atoms with Crippen LogP contribution in [0.3, 0.4) is 0 Å². The van der Waals surface area contributed by atoms with Crippen molar-refractivity contribution in [2.24, 2.45) is 0 Å². The van der Waals surface area contributed by atoms with E-state index < -0.39 is 5.69 Å². The van der Waals surface area contributed by atoms with E-state index in [1.807, 2.05) is 0 Å². The van der Waals surface area contributed by atoms with Crippen LogP contribution in [0, 0.1) is 6.92 Å². The minimum Gasteiger partial charge on any atom is -0.373 e. The molecule has 2 atom stereocenters.